The minimum atomic E-state index is -0.0627. The fourth-order valence-electron chi connectivity index (χ4n) is 2.71. The molecule has 0 aliphatic rings. The van der Waals surface area contributed by atoms with Crippen molar-refractivity contribution in [1.29, 1.82) is 0 Å². The van der Waals surface area contributed by atoms with Crippen molar-refractivity contribution in [3.05, 3.63) is 42.5 Å². The molecule has 0 bridgehead atoms. The maximum Gasteiger partial charge on any atom is 0.321 e. The van der Waals surface area contributed by atoms with Crippen molar-refractivity contribution in [3.8, 4) is 0 Å². The molecule has 25 heavy (non-hydrogen) atoms. The number of urea groups is 1. The first-order valence-corrected chi connectivity index (χ1v) is 8.80. The number of benzene rings is 2. The summed E-state index contributed by atoms with van der Waals surface area (Å²) in [6.07, 6.45) is 0.962. The Morgan fingerprint density at radius 1 is 0.880 bits per heavy atom. The molecule has 2 rings (SSSR count). The van der Waals surface area contributed by atoms with E-state index in [1.165, 1.54) is 0 Å². The number of nitrogens with zero attached hydrogens (tertiary/aromatic N) is 3. The molecule has 0 fully saturated rings. The van der Waals surface area contributed by atoms with Crippen LogP contribution in [0, 0.1) is 0 Å². The zero-order valence-electron chi connectivity index (χ0n) is 15.8. The highest BCUT2D eigenvalue weighted by molar-refractivity contribution is 6.01. The molecule has 0 radical (unpaired) electrons. The van der Waals surface area contributed by atoms with Gasteiger partial charge in [0.2, 0.25) is 0 Å². The molecule has 136 valence electrons. The van der Waals surface area contributed by atoms with E-state index in [2.05, 4.69) is 48.4 Å². The smallest absolute Gasteiger partial charge is 0.321 e. The number of carbonyl (C=O) groups is 1. The highest BCUT2D eigenvalue weighted by Crippen LogP contribution is 2.23. The van der Waals surface area contributed by atoms with Crippen molar-refractivity contribution >= 4 is 22.5 Å². The molecule has 0 aromatic heterocycles. The molecule has 2 amide bonds. The van der Waals surface area contributed by atoms with Gasteiger partial charge in [0.15, 0.2) is 0 Å². The third-order valence-corrected chi connectivity index (χ3v) is 4.34. The summed E-state index contributed by atoms with van der Waals surface area (Å²) in [4.78, 5) is 18.7. The first-order valence-electron chi connectivity index (χ1n) is 8.80. The zero-order valence-corrected chi connectivity index (χ0v) is 15.8. The Morgan fingerprint density at radius 2 is 1.60 bits per heavy atom. The number of hydrogen-bond acceptors (Lipinski definition) is 3. The summed E-state index contributed by atoms with van der Waals surface area (Å²) in [5.41, 5.74) is 0.859. The normalized spacial score (nSPS) is 11.3. The van der Waals surface area contributed by atoms with Crippen LogP contribution in [-0.4, -0.2) is 75.1 Å². The van der Waals surface area contributed by atoms with Crippen LogP contribution in [-0.2, 0) is 0 Å². The van der Waals surface area contributed by atoms with Gasteiger partial charge in [-0.05, 0) is 45.6 Å². The second kappa shape index (κ2) is 9.39. The summed E-state index contributed by atoms with van der Waals surface area (Å²) < 4.78 is 0. The Bertz CT molecular complexity index is 681. The summed E-state index contributed by atoms with van der Waals surface area (Å²) in [7, 11) is 8.14. The monoisotopic (exact) mass is 342 g/mol. The van der Waals surface area contributed by atoms with Crippen molar-refractivity contribution in [2.45, 2.75) is 6.42 Å². The molecule has 0 heterocycles. The number of fused-ring (bicyclic) bond motifs is 1. The predicted octanol–water partition coefficient (Wildman–Crippen LogP) is 3.19. The third-order valence-electron chi connectivity index (χ3n) is 4.34. The Kier molecular flexibility index (Phi) is 7.22. The molecule has 0 aliphatic heterocycles. The van der Waals surface area contributed by atoms with E-state index in [1.54, 1.807) is 4.90 Å². The maximum absolute atomic E-state index is 12.4. The lowest BCUT2D eigenvalue weighted by Crippen LogP contribution is -2.35. The lowest BCUT2D eigenvalue weighted by atomic mass is 10.1. The van der Waals surface area contributed by atoms with Crippen LogP contribution >= 0.6 is 0 Å². The number of hydrogen-bond donors (Lipinski definition) is 1. The molecule has 2 aromatic rings. The minimum Gasteiger partial charge on any atom is -0.328 e. The fraction of sp³-hybridized carbons (Fsp3) is 0.450. The van der Waals surface area contributed by atoms with E-state index in [0.717, 1.165) is 49.1 Å². The fourth-order valence-corrected chi connectivity index (χ4v) is 2.71. The predicted molar refractivity (Wildman–Crippen MR) is 106 cm³/mol. The van der Waals surface area contributed by atoms with Gasteiger partial charge in [0, 0.05) is 32.1 Å². The molecule has 1 N–H and O–H groups in total. The van der Waals surface area contributed by atoms with Crippen LogP contribution < -0.4 is 5.32 Å². The van der Waals surface area contributed by atoms with Gasteiger partial charge in [-0.15, -0.1) is 0 Å². The van der Waals surface area contributed by atoms with E-state index >= 15 is 0 Å². The van der Waals surface area contributed by atoms with Gasteiger partial charge in [-0.25, -0.2) is 4.79 Å². The maximum atomic E-state index is 12.4. The van der Waals surface area contributed by atoms with E-state index in [9.17, 15) is 4.79 Å². The zero-order chi connectivity index (χ0) is 18.2. The van der Waals surface area contributed by atoms with E-state index in [1.807, 2.05) is 37.4 Å². The molecule has 5 heteroatoms. The van der Waals surface area contributed by atoms with Crippen LogP contribution in [0.3, 0.4) is 0 Å². The van der Waals surface area contributed by atoms with Crippen molar-refractivity contribution in [1.82, 2.24) is 14.7 Å². The number of likely N-dealkylation sites (N-methyl/N-ethyl adjacent to an activating group) is 2. The van der Waals surface area contributed by atoms with Crippen LogP contribution in [0.25, 0.3) is 10.8 Å². The number of rotatable bonds is 8. The molecule has 0 aliphatic carbocycles. The van der Waals surface area contributed by atoms with Gasteiger partial charge >= 0.3 is 6.03 Å². The molecule has 5 nitrogen and oxygen atoms in total. The van der Waals surface area contributed by atoms with E-state index in [0.29, 0.717) is 0 Å². The second-order valence-corrected chi connectivity index (χ2v) is 6.84. The highest BCUT2D eigenvalue weighted by atomic mass is 16.2. The minimum absolute atomic E-state index is 0.0627. The molecular weight excluding hydrogens is 312 g/mol. The van der Waals surface area contributed by atoms with Crippen LogP contribution in [0.4, 0.5) is 10.5 Å². The van der Waals surface area contributed by atoms with Crippen molar-refractivity contribution in [2.24, 2.45) is 0 Å². The lowest BCUT2D eigenvalue weighted by Gasteiger charge is -2.22. The SMILES string of the molecule is CN(C)CCN(C)CCCN(C)C(=O)Nc1cccc2ccccc12. The highest BCUT2D eigenvalue weighted by Gasteiger charge is 2.10. The van der Waals surface area contributed by atoms with Gasteiger partial charge in [0.25, 0.3) is 0 Å². The number of amides is 2. The first-order chi connectivity index (χ1) is 12.0. The Morgan fingerprint density at radius 3 is 2.36 bits per heavy atom. The topological polar surface area (TPSA) is 38.8 Å². The first kappa shape index (κ1) is 19.2. The molecule has 0 saturated carbocycles. The van der Waals surface area contributed by atoms with Crippen molar-refractivity contribution < 1.29 is 4.79 Å². The average molecular weight is 342 g/mol. The van der Waals surface area contributed by atoms with Gasteiger partial charge in [-0.1, -0.05) is 36.4 Å². The summed E-state index contributed by atoms with van der Waals surface area (Å²) in [5.74, 6) is 0. The Balaban J connectivity index is 1.82. The van der Waals surface area contributed by atoms with Crippen molar-refractivity contribution in [2.75, 3.05) is 59.7 Å². The summed E-state index contributed by atoms with van der Waals surface area (Å²) in [6, 6.07) is 14.0. The molecule has 0 spiro atoms. The molecule has 0 saturated heterocycles. The average Bonchev–Trinajstić information content (AvgIpc) is 2.60. The Labute approximate surface area is 151 Å². The number of anilines is 1. The van der Waals surface area contributed by atoms with Gasteiger partial charge in [-0.2, -0.15) is 0 Å². The lowest BCUT2D eigenvalue weighted by molar-refractivity contribution is 0.217. The van der Waals surface area contributed by atoms with Crippen LogP contribution in [0.2, 0.25) is 0 Å². The van der Waals surface area contributed by atoms with Crippen LogP contribution in [0.5, 0.6) is 0 Å². The van der Waals surface area contributed by atoms with Gasteiger partial charge in [0.05, 0.1) is 5.69 Å². The van der Waals surface area contributed by atoms with Gasteiger partial charge in [0.1, 0.15) is 0 Å². The molecular formula is C20H30N4O. The standard InChI is InChI=1S/C20H30N4O/c1-22(2)15-16-23(3)13-8-14-24(4)20(25)21-19-12-7-10-17-9-5-6-11-18(17)19/h5-7,9-12H,8,13-16H2,1-4H3,(H,21,25). The van der Waals surface area contributed by atoms with Gasteiger partial charge < -0.3 is 20.0 Å². The third kappa shape index (κ3) is 6.03. The van der Waals surface area contributed by atoms with E-state index in [-0.39, 0.29) is 6.03 Å². The summed E-state index contributed by atoms with van der Waals surface area (Å²) in [5, 5.41) is 5.22. The second-order valence-electron chi connectivity index (χ2n) is 6.84. The van der Waals surface area contributed by atoms with Gasteiger partial charge in [-0.3, -0.25) is 0 Å². The van der Waals surface area contributed by atoms with E-state index in [4.69, 9.17) is 0 Å². The van der Waals surface area contributed by atoms with Crippen LogP contribution in [0.15, 0.2) is 42.5 Å². The molecule has 2 aromatic carbocycles. The molecule has 0 unspecified atom stereocenters. The summed E-state index contributed by atoms with van der Waals surface area (Å²) >= 11 is 0. The quantitative estimate of drug-likeness (QED) is 0.801. The number of nitrogens with one attached hydrogen (secondary N) is 1. The summed E-state index contributed by atoms with van der Waals surface area (Å²) in [6.45, 7) is 3.81. The van der Waals surface area contributed by atoms with Crippen LogP contribution in [0.1, 0.15) is 6.42 Å². The largest absolute Gasteiger partial charge is 0.328 e. The van der Waals surface area contributed by atoms with E-state index < -0.39 is 0 Å². The van der Waals surface area contributed by atoms with Crippen molar-refractivity contribution in [3.63, 3.8) is 0 Å². The number of carbonyl (C=O) groups excluding carboxylic acids is 1. The molecule has 0 atom stereocenters. The Hall–Kier alpha value is -2.11.